The molecule has 0 atom stereocenters. The highest BCUT2D eigenvalue weighted by Crippen LogP contribution is 2.26. The van der Waals surface area contributed by atoms with Crippen LogP contribution in [0.15, 0.2) is 59.8 Å². The van der Waals surface area contributed by atoms with Crippen molar-refractivity contribution < 1.29 is 9.59 Å². The van der Waals surface area contributed by atoms with Crippen molar-refractivity contribution in [3.63, 3.8) is 0 Å². The van der Waals surface area contributed by atoms with Gasteiger partial charge in [-0.1, -0.05) is 75.0 Å². The van der Waals surface area contributed by atoms with E-state index < -0.39 is 0 Å². The summed E-state index contributed by atoms with van der Waals surface area (Å²) < 4.78 is 1.85. The molecule has 1 heterocycles. The maximum Gasteiger partial charge on any atom is 0.269 e. The van der Waals surface area contributed by atoms with E-state index in [4.69, 9.17) is 0 Å². The van der Waals surface area contributed by atoms with E-state index in [9.17, 15) is 9.59 Å². The van der Waals surface area contributed by atoms with Crippen molar-refractivity contribution in [2.75, 3.05) is 5.75 Å². The first kappa shape index (κ1) is 21.6. The van der Waals surface area contributed by atoms with Gasteiger partial charge in [0, 0.05) is 18.2 Å². The lowest BCUT2D eigenvalue weighted by molar-refractivity contribution is -0.119. The standard InChI is InChI=1S/C22H25N5O2S/c1-22(2,3)17-12-10-15(11-13-17)19-24-26-21(27(19)4)30-14-18(28)23-25-20(29)16-8-6-5-7-9-16/h5-13H,14H2,1-4H3,(H,23,28)(H,25,29). The zero-order chi connectivity index (χ0) is 21.7. The highest BCUT2D eigenvalue weighted by Gasteiger charge is 2.16. The van der Waals surface area contributed by atoms with Crippen LogP contribution in [-0.2, 0) is 17.3 Å². The highest BCUT2D eigenvalue weighted by atomic mass is 32.2. The zero-order valence-corrected chi connectivity index (χ0v) is 18.3. The number of thioether (sulfide) groups is 1. The van der Waals surface area contributed by atoms with Gasteiger partial charge < -0.3 is 4.57 Å². The summed E-state index contributed by atoms with van der Waals surface area (Å²) in [6.45, 7) is 6.52. The first-order chi connectivity index (χ1) is 14.3. The third kappa shape index (κ3) is 5.27. The number of hydrazine groups is 1. The number of benzene rings is 2. The predicted octanol–water partition coefficient (Wildman–Crippen LogP) is 3.33. The van der Waals surface area contributed by atoms with Crippen LogP contribution in [0.3, 0.4) is 0 Å². The van der Waals surface area contributed by atoms with E-state index in [0.29, 0.717) is 10.7 Å². The van der Waals surface area contributed by atoms with Crippen LogP contribution in [0, 0.1) is 0 Å². The minimum Gasteiger partial charge on any atom is -0.305 e. The summed E-state index contributed by atoms with van der Waals surface area (Å²) >= 11 is 1.25. The van der Waals surface area contributed by atoms with Crippen molar-refractivity contribution in [2.24, 2.45) is 7.05 Å². The normalized spacial score (nSPS) is 11.2. The Morgan fingerprint density at radius 2 is 1.63 bits per heavy atom. The number of hydrogen-bond donors (Lipinski definition) is 2. The molecule has 0 unspecified atom stereocenters. The first-order valence-electron chi connectivity index (χ1n) is 9.53. The number of hydrogen-bond acceptors (Lipinski definition) is 5. The minimum atomic E-state index is -0.367. The van der Waals surface area contributed by atoms with Crippen molar-refractivity contribution in [1.29, 1.82) is 0 Å². The number of nitrogens with zero attached hydrogens (tertiary/aromatic N) is 3. The lowest BCUT2D eigenvalue weighted by Gasteiger charge is -2.19. The fourth-order valence-corrected chi connectivity index (χ4v) is 3.48. The Kier molecular flexibility index (Phi) is 6.56. The largest absolute Gasteiger partial charge is 0.305 e. The Hall–Kier alpha value is -3.13. The summed E-state index contributed by atoms with van der Waals surface area (Å²) in [5.74, 6) is 0.136. The van der Waals surface area contributed by atoms with Crippen LogP contribution in [0.4, 0.5) is 0 Å². The van der Waals surface area contributed by atoms with Crippen LogP contribution < -0.4 is 10.9 Å². The van der Waals surface area contributed by atoms with Gasteiger partial charge >= 0.3 is 0 Å². The number of carbonyl (C=O) groups excluding carboxylic acids is 2. The molecule has 0 radical (unpaired) electrons. The Labute approximate surface area is 180 Å². The molecular formula is C22H25N5O2S. The summed E-state index contributed by atoms with van der Waals surface area (Å²) in [4.78, 5) is 24.0. The van der Waals surface area contributed by atoms with Crippen molar-refractivity contribution in [3.8, 4) is 11.4 Å². The third-order valence-electron chi connectivity index (χ3n) is 4.53. The van der Waals surface area contributed by atoms with Crippen molar-refractivity contribution in [1.82, 2.24) is 25.6 Å². The minimum absolute atomic E-state index is 0.0860. The zero-order valence-electron chi connectivity index (χ0n) is 17.5. The molecular weight excluding hydrogens is 398 g/mol. The number of amides is 2. The van der Waals surface area contributed by atoms with E-state index in [-0.39, 0.29) is 23.0 Å². The van der Waals surface area contributed by atoms with Gasteiger partial charge in [-0.3, -0.25) is 20.4 Å². The van der Waals surface area contributed by atoms with Gasteiger partial charge in [0.15, 0.2) is 11.0 Å². The highest BCUT2D eigenvalue weighted by molar-refractivity contribution is 7.99. The van der Waals surface area contributed by atoms with Crippen LogP contribution >= 0.6 is 11.8 Å². The Morgan fingerprint density at radius 1 is 0.967 bits per heavy atom. The number of aromatic nitrogens is 3. The van der Waals surface area contributed by atoms with E-state index in [2.05, 4.69) is 54.0 Å². The summed E-state index contributed by atoms with van der Waals surface area (Å²) in [5.41, 5.74) is 7.58. The maximum atomic E-state index is 12.1. The molecule has 156 valence electrons. The number of nitrogens with one attached hydrogen (secondary N) is 2. The van der Waals surface area contributed by atoms with Crippen LogP contribution in [0.1, 0.15) is 36.7 Å². The van der Waals surface area contributed by atoms with E-state index in [1.807, 2.05) is 29.8 Å². The molecule has 0 aliphatic heterocycles. The van der Waals surface area contributed by atoms with E-state index in [0.717, 1.165) is 11.4 Å². The summed E-state index contributed by atoms with van der Waals surface area (Å²) in [6.07, 6.45) is 0. The average molecular weight is 424 g/mol. The average Bonchev–Trinajstić information content (AvgIpc) is 3.11. The summed E-state index contributed by atoms with van der Waals surface area (Å²) in [6, 6.07) is 16.9. The monoisotopic (exact) mass is 423 g/mol. The molecule has 0 saturated heterocycles. The lowest BCUT2D eigenvalue weighted by atomic mass is 9.87. The molecule has 30 heavy (non-hydrogen) atoms. The van der Waals surface area contributed by atoms with Gasteiger partial charge in [0.1, 0.15) is 0 Å². The van der Waals surface area contributed by atoms with E-state index in [1.54, 1.807) is 24.3 Å². The molecule has 2 N–H and O–H groups in total. The third-order valence-corrected chi connectivity index (χ3v) is 5.55. The van der Waals surface area contributed by atoms with Gasteiger partial charge in [0.2, 0.25) is 5.91 Å². The van der Waals surface area contributed by atoms with Gasteiger partial charge in [-0.25, -0.2) is 0 Å². The van der Waals surface area contributed by atoms with Gasteiger partial charge in [-0.15, -0.1) is 10.2 Å². The van der Waals surface area contributed by atoms with Crippen molar-refractivity contribution >= 4 is 23.6 Å². The topological polar surface area (TPSA) is 88.9 Å². The Balaban J connectivity index is 1.56. The molecule has 1 aromatic heterocycles. The molecule has 2 aromatic carbocycles. The molecule has 2 amide bonds. The summed E-state index contributed by atoms with van der Waals surface area (Å²) in [7, 11) is 1.87. The Morgan fingerprint density at radius 3 is 2.27 bits per heavy atom. The quantitative estimate of drug-likeness (QED) is 0.485. The second-order valence-electron chi connectivity index (χ2n) is 7.85. The molecule has 7 nitrogen and oxygen atoms in total. The van der Waals surface area contributed by atoms with Gasteiger partial charge in [-0.2, -0.15) is 0 Å². The SMILES string of the molecule is Cn1c(SCC(=O)NNC(=O)c2ccccc2)nnc1-c1ccc(C(C)(C)C)cc1. The second kappa shape index (κ2) is 9.13. The smallest absolute Gasteiger partial charge is 0.269 e. The molecule has 0 saturated carbocycles. The van der Waals surface area contributed by atoms with Gasteiger partial charge in [0.05, 0.1) is 5.75 Å². The fourth-order valence-electron chi connectivity index (χ4n) is 2.77. The van der Waals surface area contributed by atoms with Crippen LogP contribution in [-0.4, -0.2) is 32.3 Å². The van der Waals surface area contributed by atoms with Crippen LogP contribution in [0.2, 0.25) is 0 Å². The molecule has 0 aliphatic rings. The molecule has 0 spiro atoms. The molecule has 0 fully saturated rings. The lowest BCUT2D eigenvalue weighted by Crippen LogP contribution is -2.42. The van der Waals surface area contributed by atoms with Gasteiger partial charge in [-0.05, 0) is 23.1 Å². The maximum absolute atomic E-state index is 12.1. The number of rotatable bonds is 5. The van der Waals surface area contributed by atoms with E-state index >= 15 is 0 Å². The first-order valence-corrected chi connectivity index (χ1v) is 10.5. The predicted molar refractivity (Wildman–Crippen MR) is 118 cm³/mol. The molecule has 3 rings (SSSR count). The van der Waals surface area contributed by atoms with Crippen LogP contribution in [0.25, 0.3) is 11.4 Å². The summed E-state index contributed by atoms with van der Waals surface area (Å²) in [5, 5.41) is 9.07. The van der Waals surface area contributed by atoms with Gasteiger partial charge in [0.25, 0.3) is 5.91 Å². The molecule has 0 bridgehead atoms. The van der Waals surface area contributed by atoms with Crippen molar-refractivity contribution in [2.45, 2.75) is 31.3 Å². The molecule has 3 aromatic rings. The van der Waals surface area contributed by atoms with Crippen LogP contribution in [0.5, 0.6) is 0 Å². The van der Waals surface area contributed by atoms with Crippen molar-refractivity contribution in [3.05, 3.63) is 65.7 Å². The fraction of sp³-hybridized carbons (Fsp3) is 0.273. The Bertz CT molecular complexity index is 1020. The molecule has 8 heteroatoms. The molecule has 0 aliphatic carbocycles. The number of carbonyl (C=O) groups is 2. The van der Waals surface area contributed by atoms with E-state index in [1.165, 1.54) is 17.3 Å². The second-order valence-corrected chi connectivity index (χ2v) is 8.79.